The van der Waals surface area contributed by atoms with Gasteiger partial charge in [0.25, 0.3) is 5.91 Å². The maximum absolute atomic E-state index is 12.5. The molecular weight excluding hydrogens is 408 g/mol. The SMILES string of the molecule is C=CCNC(=O)COc1ccc(S(=O)(=O)NCCc2ccc(OC)c(OC)c2)cc1. The van der Waals surface area contributed by atoms with Crippen LogP contribution in [0.2, 0.25) is 0 Å². The van der Waals surface area contributed by atoms with Crippen molar-refractivity contribution in [3.63, 3.8) is 0 Å². The number of nitrogens with one attached hydrogen (secondary N) is 2. The van der Waals surface area contributed by atoms with E-state index in [0.29, 0.717) is 30.2 Å². The smallest absolute Gasteiger partial charge is 0.258 e. The second-order valence-corrected chi connectivity index (χ2v) is 7.96. The average molecular weight is 435 g/mol. The van der Waals surface area contributed by atoms with Crippen molar-refractivity contribution < 1.29 is 27.4 Å². The molecule has 0 saturated carbocycles. The van der Waals surface area contributed by atoms with Crippen LogP contribution in [0.5, 0.6) is 17.2 Å². The molecule has 8 nitrogen and oxygen atoms in total. The Bertz CT molecular complexity index is 958. The van der Waals surface area contributed by atoms with Gasteiger partial charge in [-0.3, -0.25) is 4.79 Å². The molecule has 2 N–H and O–H groups in total. The van der Waals surface area contributed by atoms with Gasteiger partial charge in [-0.15, -0.1) is 6.58 Å². The van der Waals surface area contributed by atoms with Gasteiger partial charge in [-0.25, -0.2) is 13.1 Å². The zero-order valence-electron chi connectivity index (χ0n) is 17.0. The Balaban J connectivity index is 1.89. The van der Waals surface area contributed by atoms with Crippen molar-refractivity contribution in [1.82, 2.24) is 10.0 Å². The third kappa shape index (κ3) is 6.78. The molecule has 0 aliphatic heterocycles. The van der Waals surface area contributed by atoms with Crippen LogP contribution in [0.4, 0.5) is 0 Å². The molecule has 0 unspecified atom stereocenters. The molecule has 0 heterocycles. The van der Waals surface area contributed by atoms with E-state index in [1.54, 1.807) is 26.4 Å². The number of benzene rings is 2. The van der Waals surface area contributed by atoms with Gasteiger partial charge in [-0.05, 0) is 48.4 Å². The van der Waals surface area contributed by atoms with Gasteiger partial charge in [0.05, 0.1) is 19.1 Å². The normalized spacial score (nSPS) is 10.9. The summed E-state index contributed by atoms with van der Waals surface area (Å²) in [5.74, 6) is 1.31. The lowest BCUT2D eigenvalue weighted by Crippen LogP contribution is -2.28. The Morgan fingerprint density at radius 1 is 1.07 bits per heavy atom. The van der Waals surface area contributed by atoms with E-state index in [0.717, 1.165) is 5.56 Å². The Labute approximate surface area is 176 Å². The summed E-state index contributed by atoms with van der Waals surface area (Å²) in [5.41, 5.74) is 0.911. The van der Waals surface area contributed by atoms with Gasteiger partial charge in [-0.1, -0.05) is 12.1 Å². The lowest BCUT2D eigenvalue weighted by atomic mass is 10.1. The summed E-state index contributed by atoms with van der Waals surface area (Å²) in [6.07, 6.45) is 2.05. The number of rotatable bonds is 12. The van der Waals surface area contributed by atoms with Gasteiger partial charge in [0, 0.05) is 13.1 Å². The minimum absolute atomic E-state index is 0.110. The summed E-state index contributed by atoms with van der Waals surface area (Å²) in [6.45, 7) is 3.92. The number of sulfonamides is 1. The molecular formula is C21H26N2O6S. The lowest BCUT2D eigenvalue weighted by molar-refractivity contribution is -0.122. The number of carbonyl (C=O) groups excluding carboxylic acids is 1. The van der Waals surface area contributed by atoms with Gasteiger partial charge in [0.2, 0.25) is 10.0 Å². The first-order chi connectivity index (χ1) is 14.4. The molecule has 0 spiro atoms. The molecule has 9 heteroatoms. The first-order valence-corrected chi connectivity index (χ1v) is 10.7. The summed E-state index contributed by atoms with van der Waals surface area (Å²) >= 11 is 0. The van der Waals surface area contributed by atoms with E-state index in [1.165, 1.54) is 24.3 Å². The molecule has 0 fully saturated rings. The van der Waals surface area contributed by atoms with E-state index in [-0.39, 0.29) is 24.0 Å². The highest BCUT2D eigenvalue weighted by Gasteiger charge is 2.14. The van der Waals surface area contributed by atoms with E-state index >= 15 is 0 Å². The number of ether oxygens (including phenoxy) is 3. The summed E-state index contributed by atoms with van der Waals surface area (Å²) in [7, 11) is -0.569. The maximum atomic E-state index is 12.5. The standard InChI is InChI=1S/C21H26N2O6S/c1-4-12-22-21(24)15-29-17-6-8-18(9-7-17)30(25,26)23-13-11-16-5-10-19(27-2)20(14-16)28-3/h4-10,14,23H,1,11-13,15H2,2-3H3,(H,22,24). The predicted molar refractivity (Wildman–Crippen MR) is 114 cm³/mol. The fraction of sp³-hybridized carbons (Fsp3) is 0.286. The lowest BCUT2D eigenvalue weighted by Gasteiger charge is -2.11. The van der Waals surface area contributed by atoms with Crippen LogP contribution in [-0.2, 0) is 21.2 Å². The van der Waals surface area contributed by atoms with E-state index < -0.39 is 10.0 Å². The second kappa shape index (κ2) is 11.2. The van der Waals surface area contributed by atoms with Crippen LogP contribution >= 0.6 is 0 Å². The topological polar surface area (TPSA) is 103 Å². The largest absolute Gasteiger partial charge is 0.493 e. The number of carbonyl (C=O) groups is 1. The van der Waals surface area contributed by atoms with Crippen LogP contribution < -0.4 is 24.2 Å². The number of methoxy groups -OCH3 is 2. The molecule has 0 atom stereocenters. The van der Waals surface area contributed by atoms with Gasteiger partial charge >= 0.3 is 0 Å². The monoisotopic (exact) mass is 434 g/mol. The Kier molecular flexibility index (Phi) is 8.70. The van der Waals surface area contributed by atoms with Crippen molar-refractivity contribution in [2.24, 2.45) is 0 Å². The Morgan fingerprint density at radius 3 is 2.40 bits per heavy atom. The molecule has 0 bridgehead atoms. The second-order valence-electron chi connectivity index (χ2n) is 6.19. The van der Waals surface area contributed by atoms with Crippen molar-refractivity contribution in [3.05, 3.63) is 60.7 Å². The molecule has 162 valence electrons. The highest BCUT2D eigenvalue weighted by molar-refractivity contribution is 7.89. The summed E-state index contributed by atoms with van der Waals surface area (Å²) in [6, 6.07) is 11.3. The minimum atomic E-state index is -3.67. The maximum Gasteiger partial charge on any atom is 0.258 e. The molecule has 0 saturated heterocycles. The van der Waals surface area contributed by atoms with E-state index in [1.807, 2.05) is 12.1 Å². The third-order valence-electron chi connectivity index (χ3n) is 4.10. The zero-order chi connectivity index (χ0) is 22.0. The van der Waals surface area contributed by atoms with Crippen molar-refractivity contribution in [1.29, 1.82) is 0 Å². The molecule has 2 rings (SSSR count). The van der Waals surface area contributed by atoms with Gasteiger partial charge < -0.3 is 19.5 Å². The van der Waals surface area contributed by atoms with Crippen molar-refractivity contribution in [3.8, 4) is 17.2 Å². The quantitative estimate of drug-likeness (QED) is 0.495. The average Bonchev–Trinajstić information content (AvgIpc) is 2.76. The first-order valence-electron chi connectivity index (χ1n) is 9.20. The van der Waals surface area contributed by atoms with E-state index in [9.17, 15) is 13.2 Å². The Morgan fingerprint density at radius 2 is 1.77 bits per heavy atom. The first kappa shape index (κ1) is 23.2. The van der Waals surface area contributed by atoms with Crippen LogP contribution in [0, 0.1) is 0 Å². The van der Waals surface area contributed by atoms with E-state index in [2.05, 4.69) is 16.6 Å². The van der Waals surface area contributed by atoms with Gasteiger partial charge in [0.1, 0.15) is 5.75 Å². The molecule has 0 aliphatic carbocycles. The molecule has 1 amide bonds. The van der Waals surface area contributed by atoms with E-state index in [4.69, 9.17) is 14.2 Å². The molecule has 2 aromatic carbocycles. The highest BCUT2D eigenvalue weighted by atomic mass is 32.2. The molecule has 0 aliphatic rings. The van der Waals surface area contributed by atoms with Crippen molar-refractivity contribution >= 4 is 15.9 Å². The summed E-state index contributed by atoms with van der Waals surface area (Å²) < 4.78 is 43.3. The van der Waals surface area contributed by atoms with Crippen LogP contribution in [0.3, 0.4) is 0 Å². The number of hydrogen-bond acceptors (Lipinski definition) is 6. The van der Waals surface area contributed by atoms with Gasteiger partial charge in [0.15, 0.2) is 18.1 Å². The van der Waals surface area contributed by atoms with Gasteiger partial charge in [-0.2, -0.15) is 0 Å². The molecule has 2 aromatic rings. The predicted octanol–water partition coefficient (Wildman–Crippen LogP) is 1.91. The van der Waals surface area contributed by atoms with Crippen molar-refractivity contribution in [2.45, 2.75) is 11.3 Å². The minimum Gasteiger partial charge on any atom is -0.493 e. The number of amides is 1. The van der Waals surface area contributed by atoms with Crippen LogP contribution in [-0.4, -0.2) is 48.2 Å². The fourth-order valence-corrected chi connectivity index (χ4v) is 3.58. The van der Waals surface area contributed by atoms with Crippen molar-refractivity contribution in [2.75, 3.05) is 33.9 Å². The van der Waals surface area contributed by atoms with Crippen LogP contribution in [0.15, 0.2) is 60.0 Å². The summed E-state index contributed by atoms with van der Waals surface area (Å²) in [4.78, 5) is 11.6. The molecule has 0 radical (unpaired) electrons. The zero-order valence-corrected chi connectivity index (χ0v) is 17.8. The van der Waals surface area contributed by atoms with Crippen LogP contribution in [0.1, 0.15) is 5.56 Å². The summed E-state index contributed by atoms with van der Waals surface area (Å²) in [5, 5.41) is 2.59. The Hall–Kier alpha value is -3.04. The third-order valence-corrected chi connectivity index (χ3v) is 5.58. The molecule has 0 aromatic heterocycles. The highest BCUT2D eigenvalue weighted by Crippen LogP contribution is 2.27. The van der Waals surface area contributed by atoms with Crippen LogP contribution in [0.25, 0.3) is 0 Å². The molecule has 30 heavy (non-hydrogen) atoms. The fourth-order valence-electron chi connectivity index (χ4n) is 2.55. The number of hydrogen-bond donors (Lipinski definition) is 2.